The van der Waals surface area contributed by atoms with Crippen molar-refractivity contribution < 1.29 is 17.9 Å². The van der Waals surface area contributed by atoms with E-state index >= 15 is 0 Å². The van der Waals surface area contributed by atoms with E-state index in [1.807, 2.05) is 26.8 Å². The number of benzene rings is 3. The van der Waals surface area contributed by atoms with Crippen molar-refractivity contribution in [2.75, 3.05) is 10.8 Å². The number of hydrogen-bond donors (Lipinski definition) is 1. The third kappa shape index (κ3) is 4.52. The highest BCUT2D eigenvalue weighted by molar-refractivity contribution is 7.92. The Morgan fingerprint density at radius 2 is 1.69 bits per heavy atom. The second kappa shape index (κ2) is 9.04. The second-order valence-corrected chi connectivity index (χ2v) is 11.4. The van der Waals surface area contributed by atoms with Gasteiger partial charge < -0.3 is 10.1 Å². The van der Waals surface area contributed by atoms with E-state index in [4.69, 9.17) is 4.74 Å². The summed E-state index contributed by atoms with van der Waals surface area (Å²) in [6.07, 6.45) is 2.37. The molecule has 1 N–H and O–H groups in total. The summed E-state index contributed by atoms with van der Waals surface area (Å²) < 4.78 is 34.5. The Hall–Kier alpha value is -3.32. The molecule has 2 atom stereocenters. The standard InChI is InChI=1S/C28H30N2O4S/c1-18-7-12-24(13-8-18)35(32,33)30-17-27(34-26-15-19(2)9-14-25(26)30)28(31)29-20(3)22-11-10-21-5-4-6-23(21)16-22/h7-16,20,27H,4-6,17H2,1-3H3,(H,29,31)/t20-,27+/m1/s1. The molecular weight excluding hydrogens is 460 g/mol. The number of nitrogens with one attached hydrogen (secondary N) is 1. The quantitative estimate of drug-likeness (QED) is 0.566. The highest BCUT2D eigenvalue weighted by Gasteiger charge is 2.38. The average molecular weight is 491 g/mol. The number of hydrogen-bond acceptors (Lipinski definition) is 4. The molecule has 0 radical (unpaired) electrons. The van der Waals surface area contributed by atoms with Crippen LogP contribution in [0, 0.1) is 13.8 Å². The summed E-state index contributed by atoms with van der Waals surface area (Å²) in [6, 6.07) is 18.2. The van der Waals surface area contributed by atoms with Crippen LogP contribution in [0.3, 0.4) is 0 Å². The normalized spacial score (nSPS) is 17.8. The number of fused-ring (bicyclic) bond motifs is 2. The van der Waals surface area contributed by atoms with Crippen molar-refractivity contribution in [3.63, 3.8) is 0 Å². The van der Waals surface area contributed by atoms with Crippen molar-refractivity contribution >= 4 is 21.6 Å². The third-order valence-corrected chi connectivity index (χ3v) is 8.66. The summed E-state index contributed by atoms with van der Waals surface area (Å²) in [6.45, 7) is 5.65. The fourth-order valence-electron chi connectivity index (χ4n) is 4.81. The van der Waals surface area contributed by atoms with E-state index in [0.29, 0.717) is 11.4 Å². The lowest BCUT2D eigenvalue weighted by Gasteiger charge is -2.35. The molecule has 0 spiro atoms. The first kappa shape index (κ1) is 23.4. The fraction of sp³-hybridized carbons (Fsp3) is 0.321. The van der Waals surface area contributed by atoms with Gasteiger partial charge in [0.25, 0.3) is 15.9 Å². The molecule has 7 heteroatoms. The second-order valence-electron chi connectivity index (χ2n) is 9.54. The molecule has 0 fully saturated rings. The third-order valence-electron chi connectivity index (χ3n) is 6.87. The van der Waals surface area contributed by atoms with Gasteiger partial charge in [0.1, 0.15) is 5.75 Å². The van der Waals surface area contributed by atoms with Crippen LogP contribution >= 0.6 is 0 Å². The Labute approximate surface area is 207 Å². The molecule has 5 rings (SSSR count). The smallest absolute Gasteiger partial charge is 0.264 e. The van der Waals surface area contributed by atoms with Gasteiger partial charge in [-0.2, -0.15) is 0 Å². The summed E-state index contributed by atoms with van der Waals surface area (Å²) in [5, 5.41) is 3.04. The van der Waals surface area contributed by atoms with Gasteiger partial charge in [-0.05, 0) is 86.6 Å². The molecule has 3 aromatic rings. The first-order valence-corrected chi connectivity index (χ1v) is 13.5. The van der Waals surface area contributed by atoms with E-state index in [2.05, 4.69) is 23.5 Å². The first-order chi connectivity index (χ1) is 16.7. The van der Waals surface area contributed by atoms with E-state index in [9.17, 15) is 13.2 Å². The topological polar surface area (TPSA) is 75.7 Å². The number of rotatable bonds is 5. The number of carbonyl (C=O) groups is 1. The van der Waals surface area contributed by atoms with Gasteiger partial charge in [0.15, 0.2) is 6.10 Å². The highest BCUT2D eigenvalue weighted by Crippen LogP contribution is 2.38. The van der Waals surface area contributed by atoms with Gasteiger partial charge in [0, 0.05) is 0 Å². The van der Waals surface area contributed by atoms with E-state index < -0.39 is 16.1 Å². The SMILES string of the molecule is Cc1ccc(S(=O)(=O)N2C[C@@H](C(=O)N[C@H](C)c3ccc4c(c3)CCC4)Oc3cc(C)ccc32)cc1. The van der Waals surface area contributed by atoms with Gasteiger partial charge in [0.2, 0.25) is 0 Å². The summed E-state index contributed by atoms with van der Waals surface area (Å²) in [5.41, 5.74) is 6.09. The van der Waals surface area contributed by atoms with Crippen LogP contribution in [-0.2, 0) is 27.7 Å². The molecule has 0 saturated carbocycles. The van der Waals surface area contributed by atoms with Gasteiger partial charge in [-0.3, -0.25) is 9.10 Å². The molecular formula is C28H30N2O4S. The molecule has 1 heterocycles. The maximum absolute atomic E-state index is 13.6. The zero-order valence-corrected chi connectivity index (χ0v) is 21.1. The minimum absolute atomic E-state index is 0.102. The van der Waals surface area contributed by atoms with Crippen LogP contribution in [0.25, 0.3) is 0 Å². The Balaban J connectivity index is 1.42. The van der Waals surface area contributed by atoms with Gasteiger partial charge >= 0.3 is 0 Å². The van der Waals surface area contributed by atoms with Crippen LogP contribution in [-0.4, -0.2) is 27.0 Å². The number of amides is 1. The van der Waals surface area contributed by atoms with Crippen LogP contribution in [0.4, 0.5) is 5.69 Å². The molecule has 182 valence electrons. The number of aryl methyl sites for hydroxylation is 4. The number of sulfonamides is 1. The van der Waals surface area contributed by atoms with Crippen molar-refractivity contribution in [3.05, 3.63) is 88.5 Å². The molecule has 0 aromatic heterocycles. The molecule has 6 nitrogen and oxygen atoms in total. The Morgan fingerprint density at radius 3 is 2.46 bits per heavy atom. The Kier molecular flexibility index (Phi) is 6.05. The van der Waals surface area contributed by atoms with Crippen LogP contribution in [0.5, 0.6) is 5.75 Å². The minimum Gasteiger partial charge on any atom is -0.476 e. The van der Waals surface area contributed by atoms with E-state index in [1.165, 1.54) is 21.9 Å². The molecule has 0 bridgehead atoms. The summed E-state index contributed by atoms with van der Waals surface area (Å²) >= 11 is 0. The lowest BCUT2D eigenvalue weighted by molar-refractivity contribution is -0.128. The number of carbonyl (C=O) groups excluding carboxylic acids is 1. The van der Waals surface area contributed by atoms with Crippen molar-refractivity contribution in [1.82, 2.24) is 5.32 Å². The Morgan fingerprint density at radius 1 is 0.971 bits per heavy atom. The largest absolute Gasteiger partial charge is 0.476 e. The van der Waals surface area contributed by atoms with Crippen molar-refractivity contribution in [1.29, 1.82) is 0 Å². The van der Waals surface area contributed by atoms with Gasteiger partial charge in [0.05, 0.1) is 23.2 Å². The summed E-state index contributed by atoms with van der Waals surface area (Å²) in [7, 11) is -3.89. The van der Waals surface area contributed by atoms with Gasteiger partial charge in [-0.15, -0.1) is 0 Å². The van der Waals surface area contributed by atoms with E-state index in [-0.39, 0.29) is 23.4 Å². The zero-order chi connectivity index (χ0) is 24.7. The van der Waals surface area contributed by atoms with Crippen LogP contribution in [0.1, 0.15) is 47.2 Å². The average Bonchev–Trinajstić information content (AvgIpc) is 3.31. The molecule has 1 aliphatic heterocycles. The number of anilines is 1. The van der Waals surface area contributed by atoms with Crippen LogP contribution < -0.4 is 14.4 Å². The van der Waals surface area contributed by atoms with Crippen LogP contribution in [0.15, 0.2) is 65.6 Å². The molecule has 1 amide bonds. The molecule has 2 aliphatic rings. The predicted octanol–water partition coefficient (Wildman–Crippen LogP) is 4.63. The van der Waals surface area contributed by atoms with E-state index in [1.54, 1.807) is 36.4 Å². The zero-order valence-electron chi connectivity index (χ0n) is 20.2. The van der Waals surface area contributed by atoms with Gasteiger partial charge in [-0.25, -0.2) is 8.42 Å². The maximum atomic E-state index is 13.6. The Bertz CT molecular complexity index is 1380. The fourth-order valence-corrected chi connectivity index (χ4v) is 6.29. The van der Waals surface area contributed by atoms with Crippen LogP contribution in [0.2, 0.25) is 0 Å². The monoisotopic (exact) mass is 490 g/mol. The molecule has 1 aliphatic carbocycles. The van der Waals surface area contributed by atoms with Crippen molar-refractivity contribution in [3.8, 4) is 5.75 Å². The van der Waals surface area contributed by atoms with Gasteiger partial charge in [-0.1, -0.05) is 42.0 Å². The van der Waals surface area contributed by atoms with Crippen molar-refractivity contribution in [2.24, 2.45) is 0 Å². The summed E-state index contributed by atoms with van der Waals surface area (Å²) in [5.74, 6) is 0.0477. The number of nitrogens with zero attached hydrogens (tertiary/aromatic N) is 1. The molecule has 0 saturated heterocycles. The summed E-state index contributed by atoms with van der Waals surface area (Å²) in [4.78, 5) is 13.5. The predicted molar refractivity (Wildman–Crippen MR) is 136 cm³/mol. The molecule has 0 unspecified atom stereocenters. The molecule has 3 aromatic carbocycles. The lowest BCUT2D eigenvalue weighted by atomic mass is 10.0. The molecule has 35 heavy (non-hydrogen) atoms. The minimum atomic E-state index is -3.89. The highest BCUT2D eigenvalue weighted by atomic mass is 32.2. The van der Waals surface area contributed by atoms with E-state index in [0.717, 1.165) is 29.5 Å². The lowest BCUT2D eigenvalue weighted by Crippen LogP contribution is -2.51. The first-order valence-electron chi connectivity index (χ1n) is 12.0. The maximum Gasteiger partial charge on any atom is 0.264 e. The van der Waals surface area contributed by atoms with Crippen molar-refractivity contribution in [2.45, 2.75) is 57.1 Å². The number of ether oxygens (including phenoxy) is 1.